The summed E-state index contributed by atoms with van der Waals surface area (Å²) < 4.78 is 0. The molecule has 1 aliphatic heterocycles. The summed E-state index contributed by atoms with van der Waals surface area (Å²) in [6.07, 6.45) is 3.24. The Bertz CT molecular complexity index is 411. The zero-order valence-electron chi connectivity index (χ0n) is 12.4. The molecule has 1 saturated heterocycles. The maximum Gasteiger partial charge on any atom is 0.253 e. The van der Waals surface area contributed by atoms with Gasteiger partial charge in [-0.3, -0.25) is 4.79 Å². The molecule has 112 valence electrons. The molecule has 1 aliphatic rings. The van der Waals surface area contributed by atoms with E-state index in [1.807, 2.05) is 24.1 Å². The zero-order valence-corrected chi connectivity index (χ0v) is 13.2. The smallest absolute Gasteiger partial charge is 0.253 e. The van der Waals surface area contributed by atoms with Crippen LogP contribution >= 0.6 is 12.4 Å². The molecule has 2 rings (SSSR count). The molecule has 0 atom stereocenters. The largest absolute Gasteiger partial charge is 0.339 e. The minimum atomic E-state index is 0. The lowest BCUT2D eigenvalue weighted by atomic mass is 9.96. The van der Waals surface area contributed by atoms with Crippen LogP contribution in [0.15, 0.2) is 24.3 Å². The van der Waals surface area contributed by atoms with Crippen molar-refractivity contribution in [3.05, 3.63) is 35.4 Å². The second-order valence-electron chi connectivity index (χ2n) is 5.34. The topological polar surface area (TPSA) is 32.3 Å². The predicted octanol–water partition coefficient (Wildman–Crippen LogP) is 2.74. The van der Waals surface area contributed by atoms with Gasteiger partial charge in [0.05, 0.1) is 0 Å². The highest BCUT2D eigenvalue weighted by Gasteiger charge is 2.22. The fraction of sp³-hybridized carbons (Fsp3) is 0.562. The summed E-state index contributed by atoms with van der Waals surface area (Å²) in [6, 6.07) is 8.03. The number of piperidine rings is 1. The third-order valence-electron chi connectivity index (χ3n) is 4.00. The molecule has 0 saturated carbocycles. The number of benzene rings is 1. The van der Waals surface area contributed by atoms with Crippen molar-refractivity contribution in [2.24, 2.45) is 5.92 Å². The van der Waals surface area contributed by atoms with Gasteiger partial charge in [0.2, 0.25) is 0 Å². The van der Waals surface area contributed by atoms with E-state index in [4.69, 9.17) is 0 Å². The monoisotopic (exact) mass is 296 g/mol. The van der Waals surface area contributed by atoms with E-state index in [9.17, 15) is 4.79 Å². The number of hydrogen-bond donors (Lipinski definition) is 1. The fourth-order valence-electron chi connectivity index (χ4n) is 2.69. The zero-order chi connectivity index (χ0) is 13.7. The van der Waals surface area contributed by atoms with E-state index in [0.717, 1.165) is 50.4 Å². The van der Waals surface area contributed by atoms with Crippen LogP contribution in [0.3, 0.4) is 0 Å². The second kappa shape index (κ2) is 8.28. The summed E-state index contributed by atoms with van der Waals surface area (Å²) in [4.78, 5) is 14.4. The summed E-state index contributed by atoms with van der Waals surface area (Å²) in [5, 5.41) is 3.22. The predicted molar refractivity (Wildman–Crippen MR) is 85.6 cm³/mol. The van der Waals surface area contributed by atoms with Crippen molar-refractivity contribution in [1.82, 2.24) is 10.2 Å². The summed E-state index contributed by atoms with van der Waals surface area (Å²) in [5.74, 6) is 0.905. The average Bonchev–Trinajstić information content (AvgIpc) is 2.48. The molecule has 20 heavy (non-hydrogen) atoms. The van der Waals surface area contributed by atoms with Gasteiger partial charge >= 0.3 is 0 Å². The van der Waals surface area contributed by atoms with Crippen molar-refractivity contribution in [1.29, 1.82) is 0 Å². The third kappa shape index (κ3) is 4.22. The molecule has 0 aromatic heterocycles. The maximum absolute atomic E-state index is 12.4. The van der Waals surface area contributed by atoms with E-state index in [1.165, 1.54) is 5.56 Å². The van der Waals surface area contributed by atoms with Crippen LogP contribution in [0.2, 0.25) is 0 Å². The first-order valence-corrected chi connectivity index (χ1v) is 7.27. The Morgan fingerprint density at radius 3 is 2.35 bits per heavy atom. The molecule has 0 unspecified atom stereocenters. The van der Waals surface area contributed by atoms with Gasteiger partial charge < -0.3 is 10.2 Å². The van der Waals surface area contributed by atoms with Crippen LogP contribution in [0.1, 0.15) is 35.7 Å². The number of nitrogens with one attached hydrogen (secondary N) is 1. The molecule has 1 aromatic carbocycles. The molecule has 0 spiro atoms. The molecule has 1 heterocycles. The number of carbonyl (C=O) groups is 1. The van der Waals surface area contributed by atoms with Crippen molar-refractivity contribution >= 4 is 18.3 Å². The minimum Gasteiger partial charge on any atom is -0.339 e. The first kappa shape index (κ1) is 17.0. The third-order valence-corrected chi connectivity index (χ3v) is 4.00. The van der Waals surface area contributed by atoms with Gasteiger partial charge in [-0.05, 0) is 56.5 Å². The van der Waals surface area contributed by atoms with Crippen molar-refractivity contribution in [3.63, 3.8) is 0 Å². The summed E-state index contributed by atoms with van der Waals surface area (Å²) in [6.45, 7) is 4.97. The molecular weight excluding hydrogens is 272 g/mol. The lowest BCUT2D eigenvalue weighted by Gasteiger charge is -2.32. The van der Waals surface area contributed by atoms with Gasteiger partial charge in [0.25, 0.3) is 5.91 Å². The number of hydrogen-bond acceptors (Lipinski definition) is 2. The highest BCUT2D eigenvalue weighted by atomic mass is 35.5. The molecule has 1 fully saturated rings. The van der Waals surface area contributed by atoms with Gasteiger partial charge in [-0.15, -0.1) is 12.4 Å². The Morgan fingerprint density at radius 1 is 1.25 bits per heavy atom. The first-order chi connectivity index (χ1) is 9.24. The van der Waals surface area contributed by atoms with Gasteiger partial charge in [-0.1, -0.05) is 19.1 Å². The number of rotatable bonds is 4. The molecule has 1 N–H and O–H groups in total. The number of halogens is 1. The van der Waals surface area contributed by atoms with E-state index in [0.29, 0.717) is 0 Å². The standard InChI is InChI=1S/C16H24N2O.ClH/c1-3-13-4-6-15(7-5-13)16(19)18-10-8-14(9-11-18)12-17-2;/h4-7,14,17H,3,8-12H2,1-2H3;1H. The van der Waals surface area contributed by atoms with Crippen LogP contribution in [-0.4, -0.2) is 37.5 Å². The molecule has 0 bridgehead atoms. The van der Waals surface area contributed by atoms with Crippen molar-refractivity contribution in [2.45, 2.75) is 26.2 Å². The Hall–Kier alpha value is -1.06. The highest BCUT2D eigenvalue weighted by molar-refractivity contribution is 5.94. The number of amides is 1. The Balaban J connectivity index is 0.00000200. The number of carbonyl (C=O) groups excluding carboxylic acids is 1. The highest BCUT2D eigenvalue weighted by Crippen LogP contribution is 2.18. The Kier molecular flexibility index (Phi) is 7.03. The molecule has 3 nitrogen and oxygen atoms in total. The molecule has 4 heteroatoms. The maximum atomic E-state index is 12.4. The lowest BCUT2D eigenvalue weighted by Crippen LogP contribution is -2.40. The van der Waals surface area contributed by atoms with E-state index in [1.54, 1.807) is 0 Å². The van der Waals surface area contributed by atoms with E-state index >= 15 is 0 Å². The van der Waals surface area contributed by atoms with E-state index in [2.05, 4.69) is 24.4 Å². The molecule has 1 aromatic rings. The fourth-order valence-corrected chi connectivity index (χ4v) is 2.69. The number of likely N-dealkylation sites (tertiary alicyclic amines) is 1. The van der Waals surface area contributed by atoms with Gasteiger partial charge in [-0.2, -0.15) is 0 Å². The second-order valence-corrected chi connectivity index (χ2v) is 5.34. The first-order valence-electron chi connectivity index (χ1n) is 7.27. The van der Waals surface area contributed by atoms with Gasteiger partial charge in [0.1, 0.15) is 0 Å². The SMILES string of the molecule is CCc1ccc(C(=O)N2CCC(CNC)CC2)cc1.Cl. The van der Waals surface area contributed by atoms with Crippen LogP contribution in [0.5, 0.6) is 0 Å². The van der Waals surface area contributed by atoms with Crippen molar-refractivity contribution in [3.8, 4) is 0 Å². The number of nitrogens with zero attached hydrogens (tertiary/aromatic N) is 1. The van der Waals surface area contributed by atoms with Crippen LogP contribution in [-0.2, 0) is 6.42 Å². The quantitative estimate of drug-likeness (QED) is 0.926. The van der Waals surface area contributed by atoms with Crippen LogP contribution in [0, 0.1) is 5.92 Å². The van der Waals surface area contributed by atoms with E-state index < -0.39 is 0 Å². The minimum absolute atomic E-state index is 0. The van der Waals surface area contributed by atoms with Gasteiger partial charge in [0, 0.05) is 18.7 Å². The van der Waals surface area contributed by atoms with Crippen LogP contribution < -0.4 is 5.32 Å². The lowest BCUT2D eigenvalue weighted by molar-refractivity contribution is 0.0691. The number of aryl methyl sites for hydroxylation is 1. The van der Waals surface area contributed by atoms with Gasteiger partial charge in [-0.25, -0.2) is 0 Å². The van der Waals surface area contributed by atoms with Crippen molar-refractivity contribution < 1.29 is 4.79 Å². The summed E-state index contributed by atoms with van der Waals surface area (Å²) in [5.41, 5.74) is 2.11. The molecule has 0 aliphatic carbocycles. The Morgan fingerprint density at radius 2 is 1.85 bits per heavy atom. The molecule has 0 radical (unpaired) electrons. The average molecular weight is 297 g/mol. The normalized spacial score (nSPS) is 15.8. The summed E-state index contributed by atoms with van der Waals surface area (Å²) in [7, 11) is 1.99. The summed E-state index contributed by atoms with van der Waals surface area (Å²) >= 11 is 0. The van der Waals surface area contributed by atoms with Crippen LogP contribution in [0.4, 0.5) is 0 Å². The van der Waals surface area contributed by atoms with Gasteiger partial charge in [0.15, 0.2) is 0 Å². The van der Waals surface area contributed by atoms with E-state index in [-0.39, 0.29) is 18.3 Å². The van der Waals surface area contributed by atoms with Crippen LogP contribution in [0.25, 0.3) is 0 Å². The van der Waals surface area contributed by atoms with Crippen molar-refractivity contribution in [2.75, 3.05) is 26.7 Å². The Labute approximate surface area is 128 Å². The molecule has 1 amide bonds. The molecular formula is C16H25ClN2O.